The van der Waals surface area contributed by atoms with Gasteiger partial charge in [-0.05, 0) is 64.6 Å². The van der Waals surface area contributed by atoms with E-state index in [1.807, 2.05) is 24.3 Å². The highest BCUT2D eigenvalue weighted by atomic mass is 127. The van der Waals surface area contributed by atoms with Gasteiger partial charge in [0.1, 0.15) is 6.04 Å². The van der Waals surface area contributed by atoms with Crippen molar-refractivity contribution in [2.75, 3.05) is 7.11 Å². The predicted molar refractivity (Wildman–Crippen MR) is 97.6 cm³/mol. The first-order valence-electron chi connectivity index (χ1n) is 6.88. The molecule has 6 heteroatoms. The second-order valence-electron chi connectivity index (χ2n) is 4.89. The molecule has 0 aliphatic heterocycles. The summed E-state index contributed by atoms with van der Waals surface area (Å²) in [5.74, 6) is -0.825. The van der Waals surface area contributed by atoms with Crippen molar-refractivity contribution < 1.29 is 14.3 Å². The average molecular weight is 444 g/mol. The van der Waals surface area contributed by atoms with Crippen molar-refractivity contribution in [2.45, 2.75) is 12.5 Å². The van der Waals surface area contributed by atoms with E-state index in [4.69, 9.17) is 16.3 Å². The van der Waals surface area contributed by atoms with Crippen LogP contribution in [0.1, 0.15) is 15.9 Å². The second-order valence-corrected chi connectivity index (χ2v) is 6.57. The minimum atomic E-state index is -0.749. The van der Waals surface area contributed by atoms with Crippen LogP contribution in [-0.2, 0) is 16.0 Å². The lowest BCUT2D eigenvalue weighted by Crippen LogP contribution is -2.43. The van der Waals surface area contributed by atoms with E-state index in [9.17, 15) is 9.59 Å². The minimum absolute atomic E-state index is 0.345. The molecule has 0 saturated carbocycles. The SMILES string of the molecule is COC(=O)[C@H](Cc1cccc(I)c1)NC(=O)c1ccc(Cl)cc1. The molecule has 0 fully saturated rings. The summed E-state index contributed by atoms with van der Waals surface area (Å²) in [6.07, 6.45) is 0.364. The molecule has 0 saturated heterocycles. The zero-order valence-corrected chi connectivity index (χ0v) is 15.3. The van der Waals surface area contributed by atoms with Crippen LogP contribution in [0.15, 0.2) is 48.5 Å². The number of carbonyl (C=O) groups is 2. The van der Waals surface area contributed by atoms with E-state index in [0.29, 0.717) is 17.0 Å². The lowest BCUT2D eigenvalue weighted by molar-refractivity contribution is -0.142. The van der Waals surface area contributed by atoms with Crippen LogP contribution in [0.5, 0.6) is 0 Å². The highest BCUT2D eigenvalue weighted by Crippen LogP contribution is 2.12. The number of carbonyl (C=O) groups excluding carboxylic acids is 2. The quantitative estimate of drug-likeness (QED) is 0.569. The standard InChI is InChI=1S/C17H15ClINO3/c1-23-17(22)15(10-11-3-2-4-14(19)9-11)20-16(21)12-5-7-13(18)8-6-12/h2-9,15H,10H2,1H3,(H,20,21)/t15-/m0/s1. The number of ether oxygens (including phenoxy) is 1. The van der Waals surface area contributed by atoms with E-state index >= 15 is 0 Å². The van der Waals surface area contributed by atoms with Crippen molar-refractivity contribution in [3.8, 4) is 0 Å². The van der Waals surface area contributed by atoms with Crippen molar-refractivity contribution in [3.63, 3.8) is 0 Å². The van der Waals surface area contributed by atoms with Crippen molar-refractivity contribution in [1.29, 1.82) is 0 Å². The van der Waals surface area contributed by atoms with Crippen molar-refractivity contribution >= 4 is 46.1 Å². The van der Waals surface area contributed by atoms with Crippen molar-refractivity contribution in [2.24, 2.45) is 0 Å². The lowest BCUT2D eigenvalue weighted by atomic mass is 10.1. The fourth-order valence-electron chi connectivity index (χ4n) is 2.08. The van der Waals surface area contributed by atoms with Crippen molar-refractivity contribution in [1.82, 2.24) is 5.32 Å². The van der Waals surface area contributed by atoms with E-state index in [2.05, 4.69) is 27.9 Å². The number of nitrogens with one attached hydrogen (secondary N) is 1. The normalized spacial score (nSPS) is 11.6. The highest BCUT2D eigenvalue weighted by Gasteiger charge is 2.22. The van der Waals surface area contributed by atoms with Gasteiger partial charge in [0.05, 0.1) is 7.11 Å². The Morgan fingerprint density at radius 1 is 1.22 bits per heavy atom. The van der Waals surface area contributed by atoms with Gasteiger partial charge in [-0.3, -0.25) is 4.79 Å². The molecule has 2 rings (SSSR count). The number of methoxy groups -OCH3 is 1. The summed E-state index contributed by atoms with van der Waals surface area (Å²) in [7, 11) is 1.30. The van der Waals surface area contributed by atoms with Crippen LogP contribution in [0.25, 0.3) is 0 Å². The fourth-order valence-corrected chi connectivity index (χ4v) is 2.81. The summed E-state index contributed by atoms with van der Waals surface area (Å²) in [5, 5.41) is 3.26. The van der Waals surface area contributed by atoms with Crippen molar-refractivity contribution in [3.05, 3.63) is 68.3 Å². The van der Waals surface area contributed by atoms with Crippen LogP contribution < -0.4 is 5.32 Å². The first kappa shape index (κ1) is 17.7. The Bertz CT molecular complexity index is 703. The van der Waals surface area contributed by atoms with E-state index < -0.39 is 12.0 Å². The van der Waals surface area contributed by atoms with Crippen LogP contribution in [0.3, 0.4) is 0 Å². The third kappa shape index (κ3) is 5.21. The number of halogens is 2. The number of amides is 1. The number of hydrogen-bond acceptors (Lipinski definition) is 3. The molecule has 2 aromatic rings. The van der Waals surface area contributed by atoms with Crippen LogP contribution in [0.2, 0.25) is 5.02 Å². The smallest absolute Gasteiger partial charge is 0.328 e. The summed E-state index contributed by atoms with van der Waals surface area (Å²) in [6.45, 7) is 0. The average Bonchev–Trinajstić information content (AvgIpc) is 2.54. The Morgan fingerprint density at radius 3 is 2.52 bits per heavy atom. The van der Waals surface area contributed by atoms with Gasteiger partial charge in [-0.15, -0.1) is 0 Å². The third-order valence-corrected chi connectivity index (χ3v) is 4.15. The largest absolute Gasteiger partial charge is 0.467 e. The molecule has 23 heavy (non-hydrogen) atoms. The summed E-state index contributed by atoms with van der Waals surface area (Å²) in [6, 6.07) is 13.5. The maximum atomic E-state index is 12.3. The van der Waals surface area contributed by atoms with E-state index in [1.54, 1.807) is 24.3 Å². The number of hydrogen-bond donors (Lipinski definition) is 1. The Hall–Kier alpha value is -1.60. The molecule has 0 aliphatic carbocycles. The summed E-state index contributed by atoms with van der Waals surface area (Å²) < 4.78 is 5.86. The zero-order chi connectivity index (χ0) is 16.8. The maximum absolute atomic E-state index is 12.3. The molecule has 0 radical (unpaired) electrons. The maximum Gasteiger partial charge on any atom is 0.328 e. The van der Waals surface area contributed by atoms with Crippen LogP contribution >= 0.6 is 34.2 Å². The van der Waals surface area contributed by atoms with Gasteiger partial charge in [-0.25, -0.2) is 4.79 Å². The third-order valence-electron chi connectivity index (χ3n) is 3.23. The highest BCUT2D eigenvalue weighted by molar-refractivity contribution is 14.1. The Balaban J connectivity index is 2.13. The molecule has 4 nitrogen and oxygen atoms in total. The molecule has 0 spiro atoms. The minimum Gasteiger partial charge on any atom is -0.467 e. The first-order chi connectivity index (χ1) is 11.0. The van der Waals surface area contributed by atoms with E-state index in [-0.39, 0.29) is 5.91 Å². The fraction of sp³-hybridized carbons (Fsp3) is 0.176. The molecule has 0 aromatic heterocycles. The van der Waals surface area contributed by atoms with Gasteiger partial charge in [0.25, 0.3) is 5.91 Å². The van der Waals surface area contributed by atoms with Gasteiger partial charge in [-0.1, -0.05) is 23.7 Å². The van der Waals surface area contributed by atoms with Gasteiger partial charge in [0.2, 0.25) is 0 Å². The molecule has 0 aliphatic rings. The molecule has 0 unspecified atom stereocenters. The monoisotopic (exact) mass is 443 g/mol. The van der Waals surface area contributed by atoms with Crippen LogP contribution in [-0.4, -0.2) is 25.0 Å². The van der Waals surface area contributed by atoms with Crippen LogP contribution in [0, 0.1) is 3.57 Å². The summed E-state index contributed by atoms with van der Waals surface area (Å²) in [5.41, 5.74) is 1.38. The van der Waals surface area contributed by atoms with Gasteiger partial charge >= 0.3 is 5.97 Å². The molecule has 1 N–H and O–H groups in total. The molecule has 2 aromatic carbocycles. The molecule has 1 atom stereocenters. The Labute approximate surface area is 153 Å². The van der Waals surface area contributed by atoms with E-state index in [1.165, 1.54) is 7.11 Å². The van der Waals surface area contributed by atoms with E-state index in [0.717, 1.165) is 9.13 Å². The molecular formula is C17H15ClINO3. The molecular weight excluding hydrogens is 429 g/mol. The molecule has 1 amide bonds. The Morgan fingerprint density at radius 2 is 1.91 bits per heavy atom. The van der Waals surface area contributed by atoms with Gasteiger partial charge in [0, 0.05) is 20.6 Å². The summed E-state index contributed by atoms with van der Waals surface area (Å²) in [4.78, 5) is 24.2. The number of esters is 1. The Kier molecular flexibility index (Phi) is 6.41. The topological polar surface area (TPSA) is 55.4 Å². The van der Waals surface area contributed by atoms with Crippen LogP contribution in [0.4, 0.5) is 0 Å². The number of benzene rings is 2. The molecule has 0 heterocycles. The second kappa shape index (κ2) is 8.31. The first-order valence-corrected chi connectivity index (χ1v) is 8.34. The molecule has 0 bridgehead atoms. The van der Waals surface area contributed by atoms with Gasteiger partial charge < -0.3 is 10.1 Å². The summed E-state index contributed by atoms with van der Waals surface area (Å²) >= 11 is 8.01. The predicted octanol–water partition coefficient (Wildman–Crippen LogP) is 3.46. The van der Waals surface area contributed by atoms with Gasteiger partial charge in [-0.2, -0.15) is 0 Å². The number of rotatable bonds is 5. The van der Waals surface area contributed by atoms with Gasteiger partial charge in [0.15, 0.2) is 0 Å². The molecule has 120 valence electrons. The zero-order valence-electron chi connectivity index (χ0n) is 12.4. The lowest BCUT2D eigenvalue weighted by Gasteiger charge is -2.17.